The van der Waals surface area contributed by atoms with E-state index >= 15 is 0 Å². The van der Waals surface area contributed by atoms with Gasteiger partial charge in [0.25, 0.3) is 0 Å². The summed E-state index contributed by atoms with van der Waals surface area (Å²) < 4.78 is 7.30. The lowest BCUT2D eigenvalue weighted by molar-refractivity contribution is 0.528. The van der Waals surface area contributed by atoms with Gasteiger partial charge in [0.15, 0.2) is 5.58 Å². The fourth-order valence-electron chi connectivity index (χ4n) is 1.16. The van der Waals surface area contributed by atoms with Crippen LogP contribution in [0.4, 0.5) is 5.69 Å². The van der Waals surface area contributed by atoms with Crippen LogP contribution in [0.2, 0.25) is 0 Å². The number of oxazole rings is 1. The Kier molecular flexibility index (Phi) is 1.83. The monoisotopic (exact) mass is 290 g/mol. The van der Waals surface area contributed by atoms with Crippen molar-refractivity contribution in [3.8, 4) is 0 Å². The highest BCUT2D eigenvalue weighted by molar-refractivity contribution is 14.1. The maximum absolute atomic E-state index is 11.1. The second-order valence-electron chi connectivity index (χ2n) is 2.77. The lowest BCUT2D eigenvalue weighted by atomic mass is 10.3. The van der Waals surface area contributed by atoms with Crippen LogP contribution in [0, 0.1) is 3.57 Å². The molecule has 0 atom stereocenters. The van der Waals surface area contributed by atoms with Gasteiger partial charge in [-0.05, 0) is 34.7 Å². The lowest BCUT2D eigenvalue weighted by Crippen LogP contribution is -2.08. The molecule has 0 aliphatic rings. The first-order valence-electron chi connectivity index (χ1n) is 3.64. The Morgan fingerprint density at radius 3 is 2.92 bits per heavy atom. The van der Waals surface area contributed by atoms with E-state index in [0.717, 1.165) is 9.09 Å². The molecule has 0 spiro atoms. The van der Waals surface area contributed by atoms with Gasteiger partial charge in [-0.3, -0.25) is 4.57 Å². The predicted octanol–water partition coefficient (Wildman–Crippen LogP) is 1.32. The van der Waals surface area contributed by atoms with Crippen LogP contribution in [-0.2, 0) is 7.05 Å². The SMILES string of the molecule is Cn1c(=O)oc2cc(I)c(N)cc21. The molecule has 2 aromatic rings. The molecule has 0 saturated carbocycles. The van der Waals surface area contributed by atoms with Crippen LogP contribution < -0.4 is 11.5 Å². The van der Waals surface area contributed by atoms with Crippen molar-refractivity contribution < 1.29 is 4.42 Å². The van der Waals surface area contributed by atoms with Gasteiger partial charge in [0.1, 0.15) is 0 Å². The van der Waals surface area contributed by atoms with Crippen molar-refractivity contribution in [3.63, 3.8) is 0 Å². The average Bonchev–Trinajstić information content (AvgIpc) is 2.32. The molecule has 0 aliphatic carbocycles. The number of nitrogen functional groups attached to an aromatic ring is 1. The van der Waals surface area contributed by atoms with Gasteiger partial charge in [-0.1, -0.05) is 0 Å². The molecule has 1 heterocycles. The van der Waals surface area contributed by atoms with E-state index in [9.17, 15) is 4.79 Å². The minimum atomic E-state index is -0.364. The number of fused-ring (bicyclic) bond motifs is 1. The fraction of sp³-hybridized carbons (Fsp3) is 0.125. The number of hydrogen-bond acceptors (Lipinski definition) is 3. The molecule has 1 aromatic carbocycles. The Morgan fingerprint density at radius 2 is 2.23 bits per heavy atom. The van der Waals surface area contributed by atoms with Gasteiger partial charge in [-0.2, -0.15) is 0 Å². The highest BCUT2D eigenvalue weighted by Crippen LogP contribution is 2.21. The molecule has 68 valence electrons. The topological polar surface area (TPSA) is 61.2 Å². The predicted molar refractivity (Wildman–Crippen MR) is 58.6 cm³/mol. The highest BCUT2D eigenvalue weighted by atomic mass is 127. The first kappa shape index (κ1) is 8.61. The molecule has 0 saturated heterocycles. The average molecular weight is 290 g/mol. The van der Waals surface area contributed by atoms with Crippen LogP contribution in [0.1, 0.15) is 0 Å². The fourth-order valence-corrected chi connectivity index (χ4v) is 1.60. The molecule has 5 heteroatoms. The van der Waals surface area contributed by atoms with E-state index in [1.807, 2.05) is 0 Å². The minimum absolute atomic E-state index is 0.364. The Balaban J connectivity index is 2.97. The summed E-state index contributed by atoms with van der Waals surface area (Å²) in [5.74, 6) is -0.364. The number of benzene rings is 1. The zero-order valence-electron chi connectivity index (χ0n) is 6.87. The standard InChI is InChI=1S/C8H7IN2O2/c1-11-6-3-5(10)4(9)2-7(6)13-8(11)12/h2-3H,10H2,1H3. The Bertz CT molecular complexity index is 527. The zero-order valence-corrected chi connectivity index (χ0v) is 9.03. The molecule has 0 unspecified atom stereocenters. The largest absolute Gasteiger partial charge is 0.419 e. The summed E-state index contributed by atoms with van der Waals surface area (Å²) in [7, 11) is 1.65. The summed E-state index contributed by atoms with van der Waals surface area (Å²) in [6.07, 6.45) is 0. The molecular weight excluding hydrogens is 283 g/mol. The third kappa shape index (κ3) is 1.23. The van der Waals surface area contributed by atoms with Crippen molar-refractivity contribution in [2.45, 2.75) is 0 Å². The first-order valence-corrected chi connectivity index (χ1v) is 4.72. The molecular formula is C8H7IN2O2. The van der Waals surface area contributed by atoms with Crippen LogP contribution >= 0.6 is 22.6 Å². The number of hydrogen-bond donors (Lipinski definition) is 1. The van der Waals surface area contributed by atoms with Crippen LogP contribution in [0.3, 0.4) is 0 Å². The molecule has 2 N–H and O–H groups in total. The van der Waals surface area contributed by atoms with Crippen LogP contribution in [0.25, 0.3) is 11.1 Å². The van der Waals surface area contributed by atoms with Crippen molar-refractivity contribution in [1.29, 1.82) is 0 Å². The van der Waals surface area contributed by atoms with Crippen molar-refractivity contribution in [1.82, 2.24) is 4.57 Å². The molecule has 4 nitrogen and oxygen atoms in total. The number of nitrogens with two attached hydrogens (primary N) is 1. The van der Waals surface area contributed by atoms with E-state index in [0.29, 0.717) is 11.3 Å². The quantitative estimate of drug-likeness (QED) is 0.588. The maximum atomic E-state index is 11.1. The smallest absolute Gasteiger partial charge is 0.408 e. The van der Waals surface area contributed by atoms with E-state index in [1.54, 1.807) is 19.2 Å². The second kappa shape index (κ2) is 2.76. The van der Waals surface area contributed by atoms with Gasteiger partial charge >= 0.3 is 5.76 Å². The van der Waals surface area contributed by atoms with E-state index in [4.69, 9.17) is 10.2 Å². The molecule has 0 fully saturated rings. The highest BCUT2D eigenvalue weighted by Gasteiger charge is 2.07. The van der Waals surface area contributed by atoms with E-state index in [-0.39, 0.29) is 5.76 Å². The summed E-state index contributed by atoms with van der Waals surface area (Å²) in [6, 6.07) is 3.49. The first-order chi connectivity index (χ1) is 6.09. The van der Waals surface area contributed by atoms with Crippen molar-refractivity contribution >= 4 is 39.4 Å². The van der Waals surface area contributed by atoms with Gasteiger partial charge < -0.3 is 10.2 Å². The summed E-state index contributed by atoms with van der Waals surface area (Å²) in [6.45, 7) is 0. The van der Waals surface area contributed by atoms with Crippen LogP contribution in [0.5, 0.6) is 0 Å². The summed E-state index contributed by atoms with van der Waals surface area (Å²) >= 11 is 2.10. The molecule has 0 aliphatic heterocycles. The molecule has 0 bridgehead atoms. The summed E-state index contributed by atoms with van der Waals surface area (Å²) in [5, 5.41) is 0. The van der Waals surface area contributed by atoms with Gasteiger partial charge in [0.05, 0.1) is 5.52 Å². The molecule has 2 rings (SSSR count). The number of halogens is 1. The van der Waals surface area contributed by atoms with E-state index < -0.39 is 0 Å². The number of aryl methyl sites for hydroxylation is 1. The molecule has 1 aromatic heterocycles. The van der Waals surface area contributed by atoms with Gasteiger partial charge in [0, 0.05) is 16.3 Å². The lowest BCUT2D eigenvalue weighted by Gasteiger charge is -1.97. The summed E-state index contributed by atoms with van der Waals surface area (Å²) in [4.78, 5) is 11.1. The number of aromatic nitrogens is 1. The number of nitrogens with zero attached hydrogens (tertiary/aromatic N) is 1. The summed E-state index contributed by atoms with van der Waals surface area (Å²) in [5.41, 5.74) is 7.66. The van der Waals surface area contributed by atoms with Crippen LogP contribution in [0.15, 0.2) is 21.3 Å². The van der Waals surface area contributed by atoms with E-state index in [1.165, 1.54) is 4.57 Å². The van der Waals surface area contributed by atoms with Gasteiger partial charge in [-0.25, -0.2) is 4.79 Å². The van der Waals surface area contributed by atoms with Crippen molar-refractivity contribution in [2.75, 3.05) is 5.73 Å². The van der Waals surface area contributed by atoms with Crippen molar-refractivity contribution in [2.24, 2.45) is 7.05 Å². The normalized spacial score (nSPS) is 10.9. The molecule has 0 amide bonds. The Hall–Kier alpha value is -0.980. The molecule has 13 heavy (non-hydrogen) atoms. The third-order valence-electron chi connectivity index (χ3n) is 1.91. The number of rotatable bonds is 0. The Labute approximate surface area is 87.5 Å². The van der Waals surface area contributed by atoms with Gasteiger partial charge in [-0.15, -0.1) is 0 Å². The zero-order chi connectivity index (χ0) is 9.59. The van der Waals surface area contributed by atoms with Crippen molar-refractivity contribution in [3.05, 3.63) is 26.3 Å². The van der Waals surface area contributed by atoms with E-state index in [2.05, 4.69) is 22.6 Å². The third-order valence-corrected chi connectivity index (χ3v) is 2.84. The van der Waals surface area contributed by atoms with Crippen LogP contribution in [-0.4, -0.2) is 4.57 Å². The Morgan fingerprint density at radius 1 is 1.54 bits per heavy atom. The molecule has 0 radical (unpaired) electrons. The second-order valence-corrected chi connectivity index (χ2v) is 3.93. The number of anilines is 1. The van der Waals surface area contributed by atoms with Gasteiger partial charge in [0.2, 0.25) is 0 Å². The minimum Gasteiger partial charge on any atom is -0.408 e. The maximum Gasteiger partial charge on any atom is 0.419 e.